The highest BCUT2D eigenvalue weighted by Crippen LogP contribution is 2.32. The van der Waals surface area contributed by atoms with Crippen LogP contribution in [0.25, 0.3) is 11.1 Å². The first kappa shape index (κ1) is 29.9. The Morgan fingerprint density at radius 1 is 0.780 bits per heavy atom. The summed E-state index contributed by atoms with van der Waals surface area (Å²) in [5, 5.41) is 24.5. The second kappa shape index (κ2) is 13.5. The molecule has 41 heavy (non-hydrogen) atoms. The smallest absolute Gasteiger partial charge is 0.229 e. The first-order valence-electron chi connectivity index (χ1n) is 13.2. The largest absolute Gasteiger partial charge is 0.506 e. The van der Waals surface area contributed by atoms with Crippen LogP contribution in [0.1, 0.15) is 22.7 Å². The molecule has 0 spiro atoms. The maximum atomic E-state index is 11.6. The van der Waals surface area contributed by atoms with Crippen molar-refractivity contribution in [1.29, 1.82) is 0 Å². The number of ether oxygens (including phenoxy) is 2. The van der Waals surface area contributed by atoms with E-state index < -0.39 is 16.1 Å². The SMILES string of the molecule is COc1ccc([C@@H](Cc2cccc(-c3ccccc3)c2)NCC(O)Cc2ccc(O)c(NS(C)(=O)=O)c2)cc1OC. The van der Waals surface area contributed by atoms with Crippen LogP contribution < -0.4 is 19.5 Å². The molecule has 9 heteroatoms. The van der Waals surface area contributed by atoms with Crippen LogP contribution in [0.3, 0.4) is 0 Å². The van der Waals surface area contributed by atoms with E-state index in [-0.39, 0.29) is 30.4 Å². The maximum Gasteiger partial charge on any atom is 0.229 e. The van der Waals surface area contributed by atoms with Crippen LogP contribution in [0, 0.1) is 0 Å². The Hall–Kier alpha value is -4.05. The van der Waals surface area contributed by atoms with Gasteiger partial charge in [-0.3, -0.25) is 4.72 Å². The van der Waals surface area contributed by atoms with Crippen molar-refractivity contribution >= 4 is 15.7 Å². The fourth-order valence-corrected chi connectivity index (χ4v) is 5.30. The van der Waals surface area contributed by atoms with Crippen molar-refractivity contribution in [2.75, 3.05) is 31.7 Å². The van der Waals surface area contributed by atoms with E-state index in [1.165, 1.54) is 12.1 Å². The predicted octanol–water partition coefficient (Wildman–Crippen LogP) is 4.92. The minimum absolute atomic E-state index is 0.0756. The quantitative estimate of drug-likeness (QED) is 0.167. The number of methoxy groups -OCH3 is 2. The summed E-state index contributed by atoms with van der Waals surface area (Å²) < 4.78 is 36.5. The van der Waals surface area contributed by atoms with Gasteiger partial charge in [0.05, 0.1) is 32.3 Å². The third kappa shape index (κ3) is 8.47. The number of phenolic OH excluding ortho intramolecular Hbond substituents is 1. The molecule has 0 aliphatic heterocycles. The van der Waals surface area contributed by atoms with Gasteiger partial charge in [0.15, 0.2) is 11.5 Å². The molecule has 0 saturated heterocycles. The average molecular weight is 577 g/mol. The maximum absolute atomic E-state index is 11.6. The van der Waals surface area contributed by atoms with Gasteiger partial charge in [0, 0.05) is 12.6 Å². The van der Waals surface area contributed by atoms with Gasteiger partial charge in [-0.1, -0.05) is 66.7 Å². The number of nitrogens with one attached hydrogen (secondary N) is 2. The number of rotatable bonds is 13. The number of anilines is 1. The van der Waals surface area contributed by atoms with Crippen LogP contribution in [0.4, 0.5) is 5.69 Å². The molecule has 8 nitrogen and oxygen atoms in total. The van der Waals surface area contributed by atoms with E-state index in [9.17, 15) is 18.6 Å². The summed E-state index contributed by atoms with van der Waals surface area (Å²) in [6, 6.07) is 28.8. The Labute approximate surface area is 241 Å². The fraction of sp³-hybridized carbons (Fsp3) is 0.250. The highest BCUT2D eigenvalue weighted by atomic mass is 32.2. The fourth-order valence-electron chi connectivity index (χ4n) is 4.74. The number of aromatic hydroxyl groups is 1. The van der Waals surface area contributed by atoms with E-state index in [0.717, 1.165) is 28.5 Å². The minimum atomic E-state index is -3.56. The molecule has 0 radical (unpaired) electrons. The van der Waals surface area contributed by atoms with Gasteiger partial charge in [-0.2, -0.15) is 0 Å². The molecule has 216 valence electrons. The van der Waals surface area contributed by atoms with Crippen molar-refractivity contribution in [3.8, 4) is 28.4 Å². The summed E-state index contributed by atoms with van der Waals surface area (Å²) in [5.74, 6) is 1.07. The van der Waals surface area contributed by atoms with Crippen LogP contribution in [-0.2, 0) is 22.9 Å². The molecule has 0 aromatic heterocycles. The van der Waals surface area contributed by atoms with Gasteiger partial charge in [0.25, 0.3) is 0 Å². The summed E-state index contributed by atoms with van der Waals surface area (Å²) in [4.78, 5) is 0. The number of phenols is 1. The zero-order valence-corrected chi connectivity index (χ0v) is 24.2. The molecule has 1 unspecified atom stereocenters. The molecule has 0 bridgehead atoms. The van der Waals surface area contributed by atoms with Crippen molar-refractivity contribution in [2.45, 2.75) is 25.0 Å². The van der Waals surface area contributed by atoms with Crippen molar-refractivity contribution in [3.63, 3.8) is 0 Å². The van der Waals surface area contributed by atoms with Crippen molar-refractivity contribution in [1.82, 2.24) is 5.32 Å². The van der Waals surface area contributed by atoms with Crippen LogP contribution in [-0.4, -0.2) is 51.8 Å². The molecule has 0 fully saturated rings. The molecule has 0 amide bonds. The van der Waals surface area contributed by atoms with Gasteiger partial charge >= 0.3 is 0 Å². The molecule has 0 heterocycles. The van der Waals surface area contributed by atoms with E-state index >= 15 is 0 Å². The number of sulfonamides is 1. The topological polar surface area (TPSA) is 117 Å². The summed E-state index contributed by atoms with van der Waals surface area (Å²) >= 11 is 0. The number of aliphatic hydroxyl groups excluding tert-OH is 1. The van der Waals surface area contributed by atoms with Gasteiger partial charge in [-0.25, -0.2) is 8.42 Å². The van der Waals surface area contributed by atoms with E-state index in [1.54, 1.807) is 20.3 Å². The van der Waals surface area contributed by atoms with Gasteiger partial charge in [0.1, 0.15) is 5.75 Å². The van der Waals surface area contributed by atoms with E-state index in [1.807, 2.05) is 42.5 Å². The first-order chi connectivity index (χ1) is 19.6. The summed E-state index contributed by atoms with van der Waals surface area (Å²) in [6.45, 7) is 0.271. The zero-order chi connectivity index (χ0) is 29.4. The van der Waals surface area contributed by atoms with Crippen LogP contribution in [0.5, 0.6) is 17.2 Å². The van der Waals surface area contributed by atoms with Crippen LogP contribution in [0.15, 0.2) is 91.0 Å². The monoisotopic (exact) mass is 576 g/mol. The third-order valence-corrected chi connectivity index (χ3v) is 7.30. The highest BCUT2D eigenvalue weighted by Gasteiger charge is 2.18. The van der Waals surface area contributed by atoms with Crippen molar-refractivity contribution in [3.05, 3.63) is 108 Å². The second-order valence-corrected chi connectivity index (χ2v) is 11.7. The average Bonchev–Trinajstić information content (AvgIpc) is 2.96. The lowest BCUT2D eigenvalue weighted by Crippen LogP contribution is -2.32. The van der Waals surface area contributed by atoms with Crippen molar-refractivity contribution in [2.24, 2.45) is 0 Å². The molecule has 0 saturated carbocycles. The molecular formula is C32H36N2O6S. The number of aliphatic hydroxyl groups is 1. The first-order valence-corrected chi connectivity index (χ1v) is 15.1. The Morgan fingerprint density at radius 2 is 1.49 bits per heavy atom. The lowest BCUT2D eigenvalue weighted by molar-refractivity contribution is 0.167. The van der Waals surface area contributed by atoms with Gasteiger partial charge in [0.2, 0.25) is 10.0 Å². The van der Waals surface area contributed by atoms with E-state index in [0.29, 0.717) is 23.5 Å². The molecule has 0 aliphatic rings. The Morgan fingerprint density at radius 3 is 2.20 bits per heavy atom. The normalized spacial score (nSPS) is 12.9. The zero-order valence-electron chi connectivity index (χ0n) is 23.4. The number of hydrogen-bond donors (Lipinski definition) is 4. The third-order valence-electron chi connectivity index (χ3n) is 6.71. The predicted molar refractivity (Wildman–Crippen MR) is 162 cm³/mol. The number of hydrogen-bond acceptors (Lipinski definition) is 7. The van der Waals surface area contributed by atoms with E-state index in [4.69, 9.17) is 9.47 Å². The Kier molecular flexibility index (Phi) is 9.88. The van der Waals surface area contributed by atoms with Crippen LogP contribution >= 0.6 is 0 Å². The lowest BCUT2D eigenvalue weighted by atomic mass is 9.95. The molecule has 4 aromatic carbocycles. The van der Waals surface area contributed by atoms with Crippen molar-refractivity contribution < 1.29 is 28.1 Å². The summed E-state index contributed by atoms with van der Waals surface area (Å²) in [5.41, 5.74) is 5.12. The second-order valence-electron chi connectivity index (χ2n) is 9.93. The lowest BCUT2D eigenvalue weighted by Gasteiger charge is -2.23. The Balaban J connectivity index is 1.54. The molecule has 4 aromatic rings. The highest BCUT2D eigenvalue weighted by molar-refractivity contribution is 7.92. The minimum Gasteiger partial charge on any atom is -0.506 e. The Bertz CT molecular complexity index is 1560. The van der Waals surface area contributed by atoms with Gasteiger partial charge < -0.3 is 25.0 Å². The molecule has 2 atom stereocenters. The standard InChI is InChI=1S/C32H36N2O6S/c1-39-31-15-13-26(20-32(31)40-2)28(18-22-8-7-11-25(16-22)24-9-5-4-6-10-24)33-21-27(35)17-23-12-14-30(36)29(19-23)34-41(3,37)38/h4-16,19-20,27-28,33-36H,17-18,21H2,1-3H3/t27?,28-/m1/s1. The van der Waals surface area contributed by atoms with Crippen LogP contribution in [0.2, 0.25) is 0 Å². The molecule has 4 rings (SSSR count). The summed E-state index contributed by atoms with van der Waals surface area (Å²) in [7, 11) is -0.368. The van der Waals surface area contributed by atoms with E-state index in [2.05, 4.69) is 40.4 Å². The molecule has 4 N–H and O–H groups in total. The number of benzene rings is 4. The van der Waals surface area contributed by atoms with Gasteiger partial charge in [-0.05, 0) is 64.9 Å². The summed E-state index contributed by atoms with van der Waals surface area (Å²) in [6.07, 6.45) is 1.16. The molecule has 0 aliphatic carbocycles. The van der Waals surface area contributed by atoms with Gasteiger partial charge in [-0.15, -0.1) is 0 Å². The molecular weight excluding hydrogens is 540 g/mol.